The van der Waals surface area contributed by atoms with Crippen molar-refractivity contribution in [2.24, 2.45) is 0 Å². The maximum atomic E-state index is 11.6. The minimum absolute atomic E-state index is 0.252. The summed E-state index contributed by atoms with van der Waals surface area (Å²) < 4.78 is 9.94. The Hall–Kier alpha value is -1.34. The van der Waals surface area contributed by atoms with Gasteiger partial charge in [0.25, 0.3) is 0 Å². The Kier molecular flexibility index (Phi) is 7.24. The SMILES string of the molecule is COCC(CNC(=O)N(C)C(C)C(=O)O)OC. The van der Waals surface area contributed by atoms with E-state index in [-0.39, 0.29) is 12.6 Å². The average Bonchev–Trinajstić information content (AvgIpc) is 2.31. The van der Waals surface area contributed by atoms with E-state index in [4.69, 9.17) is 14.6 Å². The van der Waals surface area contributed by atoms with Crippen molar-refractivity contribution in [1.82, 2.24) is 10.2 Å². The third kappa shape index (κ3) is 5.50. The van der Waals surface area contributed by atoms with Crippen LogP contribution in [0.2, 0.25) is 0 Å². The highest BCUT2D eigenvalue weighted by Crippen LogP contribution is 1.97. The first-order valence-corrected chi connectivity index (χ1v) is 5.19. The second-order valence-corrected chi connectivity index (χ2v) is 3.62. The molecular formula is C10H20N2O5. The average molecular weight is 248 g/mol. The van der Waals surface area contributed by atoms with Gasteiger partial charge in [-0.3, -0.25) is 0 Å². The highest BCUT2D eigenvalue weighted by Gasteiger charge is 2.21. The van der Waals surface area contributed by atoms with Gasteiger partial charge in [-0.25, -0.2) is 9.59 Å². The van der Waals surface area contributed by atoms with E-state index in [1.807, 2.05) is 0 Å². The molecular weight excluding hydrogens is 228 g/mol. The highest BCUT2D eigenvalue weighted by atomic mass is 16.5. The monoisotopic (exact) mass is 248 g/mol. The van der Waals surface area contributed by atoms with Crippen LogP contribution in [0.3, 0.4) is 0 Å². The Balaban J connectivity index is 4.12. The van der Waals surface area contributed by atoms with Crippen LogP contribution in [0, 0.1) is 0 Å². The predicted octanol–water partition coefficient (Wildman–Crippen LogP) is -0.238. The van der Waals surface area contributed by atoms with E-state index in [0.29, 0.717) is 6.61 Å². The molecule has 0 saturated heterocycles. The third-order valence-corrected chi connectivity index (χ3v) is 2.43. The molecule has 0 aliphatic carbocycles. The first kappa shape index (κ1) is 15.7. The van der Waals surface area contributed by atoms with Crippen molar-refractivity contribution in [3.8, 4) is 0 Å². The number of hydrogen-bond acceptors (Lipinski definition) is 4. The number of carbonyl (C=O) groups is 2. The summed E-state index contributed by atoms with van der Waals surface area (Å²) >= 11 is 0. The van der Waals surface area contributed by atoms with Crippen molar-refractivity contribution in [2.75, 3.05) is 34.4 Å². The van der Waals surface area contributed by atoms with E-state index in [0.717, 1.165) is 4.90 Å². The van der Waals surface area contributed by atoms with E-state index >= 15 is 0 Å². The molecule has 17 heavy (non-hydrogen) atoms. The fourth-order valence-corrected chi connectivity index (χ4v) is 1.06. The molecule has 0 radical (unpaired) electrons. The zero-order chi connectivity index (χ0) is 13.4. The van der Waals surface area contributed by atoms with Crippen molar-refractivity contribution >= 4 is 12.0 Å². The van der Waals surface area contributed by atoms with Crippen LogP contribution in [0.5, 0.6) is 0 Å². The number of ether oxygens (including phenoxy) is 2. The minimum atomic E-state index is -1.05. The fraction of sp³-hybridized carbons (Fsp3) is 0.800. The molecule has 7 heteroatoms. The van der Waals surface area contributed by atoms with Crippen molar-refractivity contribution in [3.63, 3.8) is 0 Å². The number of carboxylic acids is 1. The molecule has 0 aromatic heterocycles. The summed E-state index contributed by atoms with van der Waals surface area (Å²) in [4.78, 5) is 23.4. The van der Waals surface area contributed by atoms with Crippen molar-refractivity contribution in [3.05, 3.63) is 0 Å². The number of urea groups is 1. The predicted molar refractivity (Wildman–Crippen MR) is 60.9 cm³/mol. The molecule has 2 N–H and O–H groups in total. The largest absolute Gasteiger partial charge is 0.480 e. The number of carboxylic acid groups (broad SMARTS) is 1. The Morgan fingerprint density at radius 2 is 2.00 bits per heavy atom. The Morgan fingerprint density at radius 1 is 1.41 bits per heavy atom. The van der Waals surface area contributed by atoms with E-state index in [2.05, 4.69) is 5.32 Å². The maximum absolute atomic E-state index is 11.6. The van der Waals surface area contributed by atoms with E-state index < -0.39 is 18.0 Å². The first-order valence-electron chi connectivity index (χ1n) is 5.19. The van der Waals surface area contributed by atoms with Crippen LogP contribution >= 0.6 is 0 Å². The number of rotatable bonds is 7. The molecule has 0 rings (SSSR count). The molecule has 0 spiro atoms. The van der Waals surface area contributed by atoms with Gasteiger partial charge in [-0.15, -0.1) is 0 Å². The van der Waals surface area contributed by atoms with Crippen LogP contribution in [0.15, 0.2) is 0 Å². The fourth-order valence-electron chi connectivity index (χ4n) is 1.06. The zero-order valence-corrected chi connectivity index (χ0v) is 10.6. The summed E-state index contributed by atoms with van der Waals surface area (Å²) in [7, 11) is 4.47. The Morgan fingerprint density at radius 3 is 2.41 bits per heavy atom. The minimum Gasteiger partial charge on any atom is -0.480 e. The van der Waals surface area contributed by atoms with Crippen molar-refractivity contribution < 1.29 is 24.2 Å². The van der Waals surface area contributed by atoms with Gasteiger partial charge in [0.1, 0.15) is 6.04 Å². The van der Waals surface area contributed by atoms with Gasteiger partial charge in [-0.05, 0) is 6.92 Å². The number of hydrogen-bond donors (Lipinski definition) is 2. The summed E-state index contributed by atoms with van der Waals surface area (Å²) in [5.41, 5.74) is 0. The highest BCUT2D eigenvalue weighted by molar-refractivity contribution is 5.82. The topological polar surface area (TPSA) is 88.1 Å². The van der Waals surface area contributed by atoms with Gasteiger partial charge in [0.05, 0.1) is 12.7 Å². The van der Waals surface area contributed by atoms with Crippen LogP contribution in [0.25, 0.3) is 0 Å². The van der Waals surface area contributed by atoms with Gasteiger partial charge in [0.2, 0.25) is 0 Å². The summed E-state index contributed by atoms with van der Waals surface area (Å²) in [5, 5.41) is 11.3. The summed E-state index contributed by atoms with van der Waals surface area (Å²) in [6, 6.07) is -1.34. The van der Waals surface area contributed by atoms with Gasteiger partial charge in [-0.2, -0.15) is 0 Å². The molecule has 0 aliphatic rings. The molecule has 2 unspecified atom stereocenters. The molecule has 0 aliphatic heterocycles. The number of nitrogens with zero attached hydrogens (tertiary/aromatic N) is 1. The number of nitrogens with one attached hydrogen (secondary N) is 1. The van der Waals surface area contributed by atoms with Gasteiger partial charge < -0.3 is 24.8 Å². The summed E-state index contributed by atoms with van der Waals surface area (Å²) in [5.74, 6) is -1.05. The van der Waals surface area contributed by atoms with Crippen LogP contribution in [0.1, 0.15) is 6.92 Å². The van der Waals surface area contributed by atoms with E-state index in [9.17, 15) is 9.59 Å². The number of amides is 2. The van der Waals surface area contributed by atoms with Crippen molar-refractivity contribution in [1.29, 1.82) is 0 Å². The zero-order valence-electron chi connectivity index (χ0n) is 10.6. The Labute approximate surface area is 101 Å². The van der Waals surface area contributed by atoms with Crippen LogP contribution < -0.4 is 5.32 Å². The van der Waals surface area contributed by atoms with Gasteiger partial charge in [0.15, 0.2) is 0 Å². The number of likely N-dealkylation sites (N-methyl/N-ethyl adjacent to an activating group) is 1. The lowest BCUT2D eigenvalue weighted by molar-refractivity contribution is -0.141. The lowest BCUT2D eigenvalue weighted by atomic mass is 10.3. The quantitative estimate of drug-likeness (QED) is 0.649. The van der Waals surface area contributed by atoms with E-state index in [1.165, 1.54) is 28.2 Å². The summed E-state index contributed by atoms with van der Waals surface area (Å²) in [6.07, 6.45) is -0.252. The summed E-state index contributed by atoms with van der Waals surface area (Å²) in [6.45, 7) is 2.06. The number of carbonyl (C=O) groups excluding carboxylic acids is 1. The second-order valence-electron chi connectivity index (χ2n) is 3.62. The van der Waals surface area contributed by atoms with Crippen LogP contribution in [-0.4, -0.2) is 68.6 Å². The van der Waals surface area contributed by atoms with Crippen molar-refractivity contribution in [2.45, 2.75) is 19.1 Å². The normalized spacial score (nSPS) is 13.9. The number of methoxy groups -OCH3 is 2. The molecule has 2 atom stereocenters. The van der Waals surface area contributed by atoms with Crippen LogP contribution in [-0.2, 0) is 14.3 Å². The van der Waals surface area contributed by atoms with Gasteiger partial charge in [0, 0.05) is 27.8 Å². The second kappa shape index (κ2) is 7.86. The molecule has 0 saturated carbocycles. The molecule has 0 aromatic carbocycles. The van der Waals surface area contributed by atoms with E-state index in [1.54, 1.807) is 0 Å². The maximum Gasteiger partial charge on any atom is 0.326 e. The standard InChI is InChI=1S/C10H20N2O5/c1-7(9(13)14)12(2)10(15)11-5-8(17-4)6-16-3/h7-8H,5-6H2,1-4H3,(H,11,15)(H,13,14). The lowest BCUT2D eigenvalue weighted by Gasteiger charge is -2.23. The van der Waals surface area contributed by atoms with Crippen LogP contribution in [0.4, 0.5) is 4.79 Å². The Bertz CT molecular complexity index is 259. The smallest absolute Gasteiger partial charge is 0.326 e. The third-order valence-electron chi connectivity index (χ3n) is 2.43. The molecule has 0 bridgehead atoms. The molecule has 7 nitrogen and oxygen atoms in total. The lowest BCUT2D eigenvalue weighted by Crippen LogP contribution is -2.48. The number of aliphatic carboxylic acids is 1. The van der Waals surface area contributed by atoms with Gasteiger partial charge >= 0.3 is 12.0 Å². The molecule has 0 aromatic rings. The first-order chi connectivity index (χ1) is 7.93. The molecule has 0 heterocycles. The van der Waals surface area contributed by atoms with Gasteiger partial charge in [-0.1, -0.05) is 0 Å². The molecule has 2 amide bonds. The molecule has 0 fully saturated rings. The molecule has 100 valence electrons.